The summed E-state index contributed by atoms with van der Waals surface area (Å²) in [5, 5.41) is 8.65. The van der Waals surface area contributed by atoms with E-state index < -0.39 is 0 Å². The third-order valence-electron chi connectivity index (χ3n) is 3.56. The van der Waals surface area contributed by atoms with E-state index in [1.54, 1.807) is 6.20 Å². The molecule has 0 aliphatic heterocycles. The lowest BCUT2D eigenvalue weighted by atomic mass is 10.1. The van der Waals surface area contributed by atoms with Crippen molar-refractivity contribution in [3.8, 4) is 5.69 Å². The number of rotatable bonds is 4. The molecule has 0 fully saturated rings. The second kappa shape index (κ2) is 5.73. The number of nitrogens with two attached hydrogens (primary N) is 1. The van der Waals surface area contributed by atoms with Gasteiger partial charge < -0.3 is 11.1 Å². The molecule has 22 heavy (non-hydrogen) atoms. The minimum absolute atomic E-state index is 0.551. The molecule has 6 nitrogen and oxygen atoms in total. The predicted molar refractivity (Wildman–Crippen MR) is 88.4 cm³/mol. The summed E-state index contributed by atoms with van der Waals surface area (Å²) in [5.74, 6) is 1.49. The monoisotopic (exact) mass is 296 g/mol. The van der Waals surface area contributed by atoms with Gasteiger partial charge in [0.1, 0.15) is 11.6 Å². The van der Waals surface area contributed by atoms with Crippen LogP contribution in [0.1, 0.15) is 17.0 Å². The van der Waals surface area contributed by atoms with Crippen LogP contribution in [0.15, 0.2) is 24.4 Å². The van der Waals surface area contributed by atoms with Crippen molar-refractivity contribution >= 4 is 16.9 Å². The smallest absolute Gasteiger partial charge is 0.168 e. The van der Waals surface area contributed by atoms with E-state index in [4.69, 9.17) is 5.73 Å². The normalized spacial score (nSPS) is 11.1. The van der Waals surface area contributed by atoms with Crippen molar-refractivity contribution in [1.82, 2.24) is 19.7 Å². The van der Waals surface area contributed by atoms with Crippen LogP contribution in [0.3, 0.4) is 0 Å². The van der Waals surface area contributed by atoms with Crippen molar-refractivity contribution < 1.29 is 0 Å². The topological polar surface area (TPSA) is 81.7 Å². The number of nitrogens with one attached hydrogen (secondary N) is 1. The molecule has 114 valence electrons. The van der Waals surface area contributed by atoms with Gasteiger partial charge in [0.05, 0.1) is 17.3 Å². The van der Waals surface area contributed by atoms with Gasteiger partial charge in [-0.15, -0.1) is 0 Å². The fourth-order valence-corrected chi connectivity index (χ4v) is 2.56. The Morgan fingerprint density at radius 2 is 2.00 bits per heavy atom. The Morgan fingerprint density at radius 1 is 1.18 bits per heavy atom. The van der Waals surface area contributed by atoms with Crippen LogP contribution in [0.5, 0.6) is 0 Å². The molecule has 0 spiro atoms. The summed E-state index contributed by atoms with van der Waals surface area (Å²) in [6.45, 7) is 7.26. The van der Waals surface area contributed by atoms with Crippen LogP contribution in [0.25, 0.3) is 16.7 Å². The molecule has 0 aliphatic carbocycles. The van der Waals surface area contributed by atoms with Gasteiger partial charge in [-0.3, -0.25) is 0 Å². The highest BCUT2D eigenvalue weighted by Crippen LogP contribution is 2.24. The van der Waals surface area contributed by atoms with Crippen molar-refractivity contribution in [2.24, 2.45) is 5.73 Å². The molecule has 0 saturated carbocycles. The van der Waals surface area contributed by atoms with Crippen molar-refractivity contribution in [2.75, 3.05) is 18.4 Å². The summed E-state index contributed by atoms with van der Waals surface area (Å²) in [6, 6.07) is 6.30. The van der Waals surface area contributed by atoms with Crippen molar-refractivity contribution in [1.29, 1.82) is 0 Å². The highest BCUT2D eigenvalue weighted by atomic mass is 15.3. The van der Waals surface area contributed by atoms with E-state index in [2.05, 4.69) is 52.4 Å². The molecule has 1 aromatic carbocycles. The van der Waals surface area contributed by atoms with Crippen molar-refractivity contribution in [3.05, 3.63) is 41.3 Å². The largest absolute Gasteiger partial charge is 0.368 e. The Bertz CT molecular complexity index is 821. The maximum Gasteiger partial charge on any atom is 0.168 e. The molecule has 0 amide bonds. The molecular formula is C16H20N6. The van der Waals surface area contributed by atoms with Crippen LogP contribution >= 0.6 is 0 Å². The number of aryl methyl sites for hydroxylation is 3. The molecule has 0 atom stereocenters. The van der Waals surface area contributed by atoms with Crippen molar-refractivity contribution in [3.63, 3.8) is 0 Å². The molecule has 3 aromatic rings. The summed E-state index contributed by atoms with van der Waals surface area (Å²) in [5.41, 5.74) is 9.79. The lowest BCUT2D eigenvalue weighted by molar-refractivity contribution is 0.881. The first kappa shape index (κ1) is 14.5. The first-order chi connectivity index (χ1) is 10.6. The van der Waals surface area contributed by atoms with Crippen molar-refractivity contribution in [2.45, 2.75) is 20.8 Å². The van der Waals surface area contributed by atoms with E-state index in [-0.39, 0.29) is 0 Å². The van der Waals surface area contributed by atoms with Gasteiger partial charge in [-0.25, -0.2) is 14.6 Å². The van der Waals surface area contributed by atoms with Gasteiger partial charge in [-0.05, 0) is 32.4 Å². The Labute approximate surface area is 129 Å². The Hall–Kier alpha value is -2.47. The van der Waals surface area contributed by atoms with Gasteiger partial charge in [0, 0.05) is 13.1 Å². The van der Waals surface area contributed by atoms with Gasteiger partial charge in [0.15, 0.2) is 5.65 Å². The fraction of sp³-hybridized carbons (Fsp3) is 0.312. The maximum atomic E-state index is 5.56. The Kier molecular flexibility index (Phi) is 3.77. The number of nitrogens with zero attached hydrogens (tertiary/aromatic N) is 4. The third kappa shape index (κ3) is 2.53. The highest BCUT2D eigenvalue weighted by molar-refractivity contribution is 5.87. The molecule has 0 aliphatic rings. The number of hydrogen-bond acceptors (Lipinski definition) is 5. The molecule has 3 N–H and O–H groups in total. The molecular weight excluding hydrogens is 276 g/mol. The van der Waals surface area contributed by atoms with Crippen LogP contribution in [0.2, 0.25) is 0 Å². The van der Waals surface area contributed by atoms with Gasteiger partial charge in [0.25, 0.3) is 0 Å². The number of anilines is 1. The fourth-order valence-electron chi connectivity index (χ4n) is 2.56. The lowest BCUT2D eigenvalue weighted by Gasteiger charge is -2.09. The summed E-state index contributed by atoms with van der Waals surface area (Å²) < 4.78 is 1.87. The molecule has 2 heterocycles. The first-order valence-corrected chi connectivity index (χ1v) is 7.34. The zero-order valence-corrected chi connectivity index (χ0v) is 13.1. The Balaban J connectivity index is 2.17. The molecule has 2 aromatic heterocycles. The predicted octanol–water partition coefficient (Wildman–Crippen LogP) is 2.11. The second-order valence-corrected chi connectivity index (χ2v) is 5.42. The summed E-state index contributed by atoms with van der Waals surface area (Å²) in [7, 11) is 0. The molecule has 0 saturated heterocycles. The van der Waals surface area contributed by atoms with E-state index in [1.165, 1.54) is 5.56 Å². The van der Waals surface area contributed by atoms with Gasteiger partial charge >= 0.3 is 0 Å². The van der Waals surface area contributed by atoms with Crippen LogP contribution in [-0.4, -0.2) is 32.8 Å². The second-order valence-electron chi connectivity index (χ2n) is 5.42. The average molecular weight is 296 g/mol. The van der Waals surface area contributed by atoms with Crippen LogP contribution in [-0.2, 0) is 0 Å². The average Bonchev–Trinajstić information content (AvgIpc) is 2.88. The van der Waals surface area contributed by atoms with E-state index >= 15 is 0 Å². The quantitative estimate of drug-likeness (QED) is 0.770. The highest BCUT2D eigenvalue weighted by Gasteiger charge is 2.13. The van der Waals surface area contributed by atoms with Crippen LogP contribution in [0, 0.1) is 20.8 Å². The minimum Gasteiger partial charge on any atom is -0.368 e. The number of fused-ring (bicyclic) bond motifs is 1. The zero-order valence-electron chi connectivity index (χ0n) is 13.1. The van der Waals surface area contributed by atoms with Crippen LogP contribution < -0.4 is 11.1 Å². The summed E-state index contributed by atoms with van der Waals surface area (Å²) in [4.78, 5) is 9.01. The summed E-state index contributed by atoms with van der Waals surface area (Å²) >= 11 is 0. The zero-order chi connectivity index (χ0) is 15.7. The summed E-state index contributed by atoms with van der Waals surface area (Å²) in [6.07, 6.45) is 1.80. The molecule has 6 heteroatoms. The van der Waals surface area contributed by atoms with E-state index in [0.29, 0.717) is 18.9 Å². The lowest BCUT2D eigenvalue weighted by Crippen LogP contribution is -2.14. The maximum absolute atomic E-state index is 5.56. The molecule has 0 radical (unpaired) electrons. The number of aromatic nitrogens is 4. The van der Waals surface area contributed by atoms with E-state index in [9.17, 15) is 0 Å². The number of benzene rings is 1. The SMILES string of the molecule is Cc1ccc(-n2ncc3c(NCCN)nc(C)nc32)c(C)c1. The van der Waals surface area contributed by atoms with Gasteiger partial charge in [-0.2, -0.15) is 5.10 Å². The van der Waals surface area contributed by atoms with Crippen LogP contribution in [0.4, 0.5) is 5.82 Å². The van der Waals surface area contributed by atoms with Gasteiger partial charge in [-0.1, -0.05) is 17.7 Å². The van der Waals surface area contributed by atoms with Gasteiger partial charge in [0.2, 0.25) is 0 Å². The number of hydrogen-bond donors (Lipinski definition) is 2. The standard InChI is InChI=1S/C16H20N6/c1-10-4-5-14(11(2)8-10)22-16-13(9-19-22)15(18-7-6-17)20-12(3)21-16/h4-5,8-9H,6-7,17H2,1-3H3,(H,18,20,21). The minimum atomic E-state index is 0.551. The molecule has 0 bridgehead atoms. The molecule has 0 unspecified atom stereocenters. The van der Waals surface area contributed by atoms with E-state index in [0.717, 1.165) is 28.1 Å². The van der Waals surface area contributed by atoms with E-state index in [1.807, 2.05) is 11.6 Å². The first-order valence-electron chi connectivity index (χ1n) is 7.34. The molecule has 3 rings (SSSR count). The Morgan fingerprint density at radius 3 is 2.73 bits per heavy atom. The third-order valence-corrected chi connectivity index (χ3v) is 3.56.